The second kappa shape index (κ2) is 7.32. The van der Waals surface area contributed by atoms with Crippen molar-refractivity contribution in [3.8, 4) is 0 Å². The summed E-state index contributed by atoms with van der Waals surface area (Å²) in [4.78, 5) is 2.30. The first-order valence-electron chi connectivity index (χ1n) is 6.58. The minimum absolute atomic E-state index is 1.18. The Labute approximate surface area is 100 Å². The third-order valence-corrected chi connectivity index (χ3v) is 3.08. The lowest BCUT2D eigenvalue weighted by molar-refractivity contribution is 0.702. The van der Waals surface area contributed by atoms with E-state index < -0.39 is 0 Å². The van der Waals surface area contributed by atoms with E-state index in [0.717, 1.165) is 0 Å². The van der Waals surface area contributed by atoms with Crippen molar-refractivity contribution in [2.24, 2.45) is 0 Å². The third kappa shape index (κ3) is 3.88. The van der Waals surface area contributed by atoms with Gasteiger partial charge in [-0.3, -0.25) is 0 Å². The van der Waals surface area contributed by atoms with Gasteiger partial charge in [-0.05, 0) is 18.1 Å². The van der Waals surface area contributed by atoms with Crippen LogP contribution in [0.25, 0.3) is 0 Å². The number of likely N-dealkylation sites (N-methyl/N-ethyl adjacent to an activating group) is 1. The summed E-state index contributed by atoms with van der Waals surface area (Å²) in [5, 5.41) is 0. The van der Waals surface area contributed by atoms with E-state index in [9.17, 15) is 0 Å². The van der Waals surface area contributed by atoms with E-state index in [1.165, 1.54) is 49.9 Å². The van der Waals surface area contributed by atoms with Crippen molar-refractivity contribution in [1.82, 2.24) is 0 Å². The monoisotopic (exact) mass is 219 g/mol. The van der Waals surface area contributed by atoms with Gasteiger partial charge in [0.15, 0.2) is 0 Å². The van der Waals surface area contributed by atoms with Crippen LogP contribution in [0, 0.1) is 0 Å². The Morgan fingerprint density at radius 2 is 1.69 bits per heavy atom. The molecule has 16 heavy (non-hydrogen) atoms. The molecule has 0 fully saturated rings. The van der Waals surface area contributed by atoms with Gasteiger partial charge in [-0.2, -0.15) is 0 Å². The van der Waals surface area contributed by atoms with Gasteiger partial charge in [-0.25, -0.2) is 0 Å². The molecule has 1 aromatic rings. The van der Waals surface area contributed by atoms with E-state index in [4.69, 9.17) is 0 Å². The molecule has 0 atom stereocenters. The lowest BCUT2D eigenvalue weighted by Crippen LogP contribution is -2.12. The molecule has 0 saturated heterocycles. The lowest BCUT2D eigenvalue weighted by atomic mass is 10.2. The number of rotatable bonds is 3. The molecule has 0 aromatic heterocycles. The molecule has 1 nitrogen and oxygen atoms in total. The van der Waals surface area contributed by atoms with Gasteiger partial charge in [0.2, 0.25) is 0 Å². The average Bonchev–Trinajstić information content (AvgIpc) is 2.70. The van der Waals surface area contributed by atoms with Crippen molar-refractivity contribution in [3.63, 3.8) is 0 Å². The average molecular weight is 219 g/mol. The molecule has 0 saturated carbocycles. The fourth-order valence-corrected chi connectivity index (χ4v) is 2.00. The quantitative estimate of drug-likeness (QED) is 0.686. The number of para-hydroxylation sites is 1. The third-order valence-electron chi connectivity index (χ3n) is 3.08. The van der Waals surface area contributed by atoms with Crippen LogP contribution in [0.1, 0.15) is 45.1 Å². The van der Waals surface area contributed by atoms with Gasteiger partial charge in [0, 0.05) is 19.3 Å². The van der Waals surface area contributed by atoms with Crippen molar-refractivity contribution in [3.05, 3.63) is 29.8 Å². The first-order valence-corrected chi connectivity index (χ1v) is 6.58. The molecule has 1 aliphatic rings. The molecule has 1 aromatic carbocycles. The molecule has 0 radical (unpaired) electrons. The molecule has 0 aliphatic carbocycles. The highest BCUT2D eigenvalue weighted by Crippen LogP contribution is 2.25. The van der Waals surface area contributed by atoms with Crippen LogP contribution in [0.4, 0.5) is 5.69 Å². The molecule has 2 rings (SSSR count). The minimum Gasteiger partial charge on any atom is -0.374 e. The summed E-state index contributed by atoms with van der Waals surface area (Å²) in [5.41, 5.74) is 2.90. The zero-order valence-electron chi connectivity index (χ0n) is 11.0. The van der Waals surface area contributed by atoms with E-state index >= 15 is 0 Å². The van der Waals surface area contributed by atoms with E-state index in [-0.39, 0.29) is 0 Å². The van der Waals surface area contributed by atoms with E-state index in [1.807, 2.05) is 0 Å². The molecule has 0 amide bonds. The van der Waals surface area contributed by atoms with Gasteiger partial charge >= 0.3 is 0 Å². The van der Waals surface area contributed by atoms with E-state index in [0.29, 0.717) is 0 Å². The maximum absolute atomic E-state index is 2.30. The maximum atomic E-state index is 2.30. The summed E-state index contributed by atoms with van der Waals surface area (Å²) in [6.07, 6.45) is 6.75. The number of anilines is 1. The van der Waals surface area contributed by atoms with Gasteiger partial charge < -0.3 is 4.90 Å². The Hall–Kier alpha value is -0.980. The highest BCUT2D eigenvalue weighted by molar-refractivity contribution is 5.56. The molecule has 1 aliphatic heterocycles. The van der Waals surface area contributed by atoms with Crippen LogP contribution >= 0.6 is 0 Å². The van der Waals surface area contributed by atoms with Crippen LogP contribution in [-0.4, -0.2) is 13.6 Å². The normalized spacial score (nSPS) is 13.1. The predicted molar refractivity (Wildman–Crippen MR) is 73.2 cm³/mol. The second-order valence-electron chi connectivity index (χ2n) is 4.51. The number of benzene rings is 1. The first kappa shape index (κ1) is 13.1. The fraction of sp³-hybridized carbons (Fsp3) is 0.600. The molecule has 0 unspecified atom stereocenters. The Bertz CT molecular complexity index is 289. The van der Waals surface area contributed by atoms with Gasteiger partial charge in [-0.1, -0.05) is 57.7 Å². The number of hydrogen-bond acceptors (Lipinski definition) is 1. The van der Waals surface area contributed by atoms with Crippen molar-refractivity contribution < 1.29 is 0 Å². The molecule has 1 heteroatoms. The standard InChI is InChI=1S/C9H11N.C6H14/c1-10-7-6-8-4-2-3-5-9(8)10;1-3-5-6-4-2/h2-5H,6-7H2,1H3;3-6H2,1-2H3. The van der Waals surface area contributed by atoms with Crippen molar-refractivity contribution in [2.75, 3.05) is 18.5 Å². The summed E-state index contributed by atoms with van der Waals surface area (Å²) < 4.78 is 0. The maximum Gasteiger partial charge on any atom is 0.0396 e. The highest BCUT2D eigenvalue weighted by Gasteiger charge is 2.12. The van der Waals surface area contributed by atoms with E-state index in [2.05, 4.69) is 50.1 Å². The Morgan fingerprint density at radius 3 is 2.25 bits per heavy atom. The zero-order valence-corrected chi connectivity index (χ0v) is 11.0. The largest absolute Gasteiger partial charge is 0.374 e. The molecule has 0 spiro atoms. The summed E-state index contributed by atoms with van der Waals surface area (Å²) in [5.74, 6) is 0. The highest BCUT2D eigenvalue weighted by atomic mass is 15.1. The van der Waals surface area contributed by atoms with Crippen molar-refractivity contribution in [2.45, 2.75) is 46.0 Å². The number of hydrogen-bond donors (Lipinski definition) is 0. The van der Waals surface area contributed by atoms with Gasteiger partial charge in [-0.15, -0.1) is 0 Å². The number of nitrogens with zero attached hydrogens (tertiary/aromatic N) is 1. The lowest BCUT2D eigenvalue weighted by Gasteiger charge is -2.10. The smallest absolute Gasteiger partial charge is 0.0396 e. The minimum atomic E-state index is 1.18. The molecule has 0 bridgehead atoms. The van der Waals surface area contributed by atoms with Crippen molar-refractivity contribution in [1.29, 1.82) is 0 Å². The zero-order chi connectivity index (χ0) is 11.8. The summed E-state index contributed by atoms with van der Waals surface area (Å²) in [7, 11) is 2.14. The second-order valence-corrected chi connectivity index (χ2v) is 4.51. The van der Waals surface area contributed by atoms with Crippen LogP contribution < -0.4 is 4.90 Å². The summed E-state index contributed by atoms with van der Waals surface area (Å²) in [6, 6.07) is 8.60. The Balaban J connectivity index is 0.000000187. The van der Waals surface area contributed by atoms with Crippen molar-refractivity contribution >= 4 is 5.69 Å². The summed E-state index contributed by atoms with van der Waals surface area (Å²) in [6.45, 7) is 5.64. The van der Waals surface area contributed by atoms with Gasteiger partial charge in [0.1, 0.15) is 0 Å². The SMILES string of the molecule is CCCCCC.CN1CCc2ccccc21. The topological polar surface area (TPSA) is 3.24 Å². The Morgan fingerprint density at radius 1 is 1.06 bits per heavy atom. The molecule has 90 valence electrons. The van der Waals surface area contributed by atoms with Crippen LogP contribution in [0.2, 0.25) is 0 Å². The Kier molecular flexibility index (Phi) is 5.99. The summed E-state index contributed by atoms with van der Waals surface area (Å²) >= 11 is 0. The molecule has 0 N–H and O–H groups in total. The van der Waals surface area contributed by atoms with Crippen LogP contribution in [-0.2, 0) is 6.42 Å². The van der Waals surface area contributed by atoms with Gasteiger partial charge in [0.25, 0.3) is 0 Å². The van der Waals surface area contributed by atoms with Crippen LogP contribution in [0.5, 0.6) is 0 Å². The van der Waals surface area contributed by atoms with Crippen LogP contribution in [0.3, 0.4) is 0 Å². The first-order chi connectivity index (χ1) is 7.79. The molecular formula is C15H25N. The number of unbranched alkanes of at least 4 members (excludes halogenated alkanes) is 3. The predicted octanol–water partition coefficient (Wildman–Crippen LogP) is 4.27. The van der Waals surface area contributed by atoms with Crippen LogP contribution in [0.15, 0.2) is 24.3 Å². The molecule has 1 heterocycles. The van der Waals surface area contributed by atoms with E-state index in [1.54, 1.807) is 0 Å². The fourth-order valence-electron chi connectivity index (χ4n) is 2.00. The van der Waals surface area contributed by atoms with Gasteiger partial charge in [0.05, 0.1) is 0 Å². The number of fused-ring (bicyclic) bond motifs is 1. The molecular weight excluding hydrogens is 194 g/mol.